The van der Waals surface area contributed by atoms with Gasteiger partial charge in [0.1, 0.15) is 0 Å². The average molecular weight is 210 g/mol. The SMILES string of the molecule is CNCC1COCCN1c1nccn1C. The Kier molecular flexibility index (Phi) is 3.23. The topological polar surface area (TPSA) is 42.3 Å². The molecule has 0 amide bonds. The van der Waals surface area contributed by atoms with Gasteiger partial charge in [-0.3, -0.25) is 0 Å². The van der Waals surface area contributed by atoms with Crippen molar-refractivity contribution in [2.75, 3.05) is 38.3 Å². The summed E-state index contributed by atoms with van der Waals surface area (Å²) in [5.74, 6) is 1.03. The predicted molar refractivity (Wildman–Crippen MR) is 59.1 cm³/mol. The van der Waals surface area contributed by atoms with E-state index < -0.39 is 0 Å². The summed E-state index contributed by atoms with van der Waals surface area (Å²) in [6.07, 6.45) is 3.81. The fourth-order valence-corrected chi connectivity index (χ4v) is 1.96. The van der Waals surface area contributed by atoms with E-state index >= 15 is 0 Å². The van der Waals surface area contributed by atoms with Crippen molar-refractivity contribution >= 4 is 5.95 Å². The molecule has 0 spiro atoms. The monoisotopic (exact) mass is 210 g/mol. The molecule has 0 radical (unpaired) electrons. The van der Waals surface area contributed by atoms with Crippen LogP contribution in [0.2, 0.25) is 0 Å². The molecule has 1 saturated heterocycles. The first-order valence-corrected chi connectivity index (χ1v) is 5.29. The number of nitrogens with one attached hydrogen (secondary N) is 1. The van der Waals surface area contributed by atoms with Crippen LogP contribution in [-0.2, 0) is 11.8 Å². The lowest BCUT2D eigenvalue weighted by atomic mass is 10.2. The molecule has 1 aromatic heterocycles. The maximum Gasteiger partial charge on any atom is 0.205 e. The molecule has 1 atom stereocenters. The molecule has 1 aromatic rings. The third-order valence-corrected chi connectivity index (χ3v) is 2.72. The Hall–Kier alpha value is -1.07. The van der Waals surface area contributed by atoms with E-state index in [0.29, 0.717) is 6.04 Å². The van der Waals surface area contributed by atoms with Gasteiger partial charge in [0.15, 0.2) is 0 Å². The molecule has 2 heterocycles. The van der Waals surface area contributed by atoms with Crippen LogP contribution in [0.3, 0.4) is 0 Å². The zero-order chi connectivity index (χ0) is 10.7. The third-order valence-electron chi connectivity index (χ3n) is 2.72. The maximum absolute atomic E-state index is 5.48. The Morgan fingerprint density at radius 3 is 3.20 bits per heavy atom. The molecule has 2 rings (SSSR count). The highest BCUT2D eigenvalue weighted by Gasteiger charge is 2.24. The van der Waals surface area contributed by atoms with Crippen molar-refractivity contribution in [2.24, 2.45) is 7.05 Å². The van der Waals surface area contributed by atoms with Gasteiger partial charge in [0.2, 0.25) is 5.95 Å². The summed E-state index contributed by atoms with van der Waals surface area (Å²) >= 11 is 0. The summed E-state index contributed by atoms with van der Waals surface area (Å²) in [4.78, 5) is 6.68. The van der Waals surface area contributed by atoms with E-state index in [9.17, 15) is 0 Å². The number of nitrogens with zero attached hydrogens (tertiary/aromatic N) is 3. The third kappa shape index (κ3) is 2.13. The van der Waals surface area contributed by atoms with Gasteiger partial charge in [-0.15, -0.1) is 0 Å². The first kappa shape index (κ1) is 10.4. The van der Waals surface area contributed by atoms with Crippen LogP contribution in [0.1, 0.15) is 0 Å². The number of imidazole rings is 1. The number of hydrogen-bond donors (Lipinski definition) is 1. The highest BCUT2D eigenvalue weighted by molar-refractivity contribution is 5.33. The average Bonchev–Trinajstić information content (AvgIpc) is 2.66. The predicted octanol–water partition coefficient (Wildman–Crippen LogP) is -0.155. The van der Waals surface area contributed by atoms with Gasteiger partial charge < -0.3 is 19.5 Å². The summed E-state index contributed by atoms with van der Waals surface area (Å²) in [6, 6.07) is 0.379. The molecule has 0 saturated carbocycles. The minimum absolute atomic E-state index is 0.379. The lowest BCUT2D eigenvalue weighted by Gasteiger charge is -2.36. The molecule has 5 nitrogen and oxygen atoms in total. The van der Waals surface area contributed by atoms with Gasteiger partial charge >= 0.3 is 0 Å². The Balaban J connectivity index is 2.14. The lowest BCUT2D eigenvalue weighted by molar-refractivity contribution is 0.0932. The second kappa shape index (κ2) is 4.63. The highest BCUT2D eigenvalue weighted by atomic mass is 16.5. The molecule has 5 heteroatoms. The van der Waals surface area contributed by atoms with E-state index in [-0.39, 0.29) is 0 Å². The molecular weight excluding hydrogens is 192 g/mol. The smallest absolute Gasteiger partial charge is 0.205 e. The number of rotatable bonds is 3. The van der Waals surface area contributed by atoms with Crippen molar-refractivity contribution in [3.8, 4) is 0 Å². The highest BCUT2D eigenvalue weighted by Crippen LogP contribution is 2.16. The maximum atomic E-state index is 5.48. The first-order chi connectivity index (χ1) is 7.33. The zero-order valence-corrected chi connectivity index (χ0v) is 9.31. The summed E-state index contributed by atoms with van der Waals surface area (Å²) < 4.78 is 7.53. The van der Waals surface area contributed by atoms with Crippen LogP contribution in [0.4, 0.5) is 5.95 Å². The van der Waals surface area contributed by atoms with E-state index in [0.717, 1.165) is 32.3 Å². The van der Waals surface area contributed by atoms with E-state index in [4.69, 9.17) is 4.74 Å². The van der Waals surface area contributed by atoms with Crippen LogP contribution in [0.5, 0.6) is 0 Å². The fraction of sp³-hybridized carbons (Fsp3) is 0.700. The number of hydrogen-bond acceptors (Lipinski definition) is 4. The van der Waals surface area contributed by atoms with Gasteiger partial charge in [-0.25, -0.2) is 4.98 Å². The summed E-state index contributed by atoms with van der Waals surface area (Å²) in [6.45, 7) is 3.39. The number of anilines is 1. The molecule has 1 aliphatic rings. The van der Waals surface area contributed by atoms with Crippen molar-refractivity contribution in [1.82, 2.24) is 14.9 Å². The standard InChI is InChI=1S/C10H18N4O/c1-11-7-9-8-15-6-5-14(9)10-12-3-4-13(10)2/h3-4,9,11H,5-8H2,1-2H3. The molecular formula is C10H18N4O. The summed E-state index contributed by atoms with van der Waals surface area (Å²) in [7, 11) is 3.99. The van der Waals surface area contributed by atoms with E-state index in [2.05, 4.69) is 15.2 Å². The number of aryl methyl sites for hydroxylation is 1. The molecule has 1 aliphatic heterocycles. The number of morpholine rings is 1. The van der Waals surface area contributed by atoms with Crippen LogP contribution in [-0.4, -0.2) is 48.9 Å². The van der Waals surface area contributed by atoms with Crippen LogP contribution >= 0.6 is 0 Å². The Bertz CT molecular complexity index is 310. The van der Waals surface area contributed by atoms with Crippen molar-refractivity contribution in [1.29, 1.82) is 0 Å². The van der Waals surface area contributed by atoms with E-state index in [1.165, 1.54) is 0 Å². The second-order valence-electron chi connectivity index (χ2n) is 3.82. The van der Waals surface area contributed by atoms with Gasteiger partial charge in [-0.2, -0.15) is 0 Å². The molecule has 0 aromatic carbocycles. The van der Waals surface area contributed by atoms with Crippen molar-refractivity contribution in [2.45, 2.75) is 6.04 Å². The summed E-state index contributed by atoms with van der Waals surface area (Å²) in [5.41, 5.74) is 0. The molecule has 1 N–H and O–H groups in total. The quantitative estimate of drug-likeness (QED) is 0.753. The van der Waals surface area contributed by atoms with Crippen molar-refractivity contribution in [3.05, 3.63) is 12.4 Å². The molecule has 84 valence electrons. The fourth-order valence-electron chi connectivity index (χ4n) is 1.96. The van der Waals surface area contributed by atoms with Gasteiger partial charge in [0.25, 0.3) is 0 Å². The van der Waals surface area contributed by atoms with Gasteiger partial charge in [0.05, 0.1) is 19.3 Å². The molecule has 0 bridgehead atoms. The molecule has 1 fully saturated rings. The van der Waals surface area contributed by atoms with Crippen LogP contribution in [0.25, 0.3) is 0 Å². The largest absolute Gasteiger partial charge is 0.377 e. The van der Waals surface area contributed by atoms with Crippen LogP contribution < -0.4 is 10.2 Å². The Labute approximate surface area is 90.0 Å². The number of likely N-dealkylation sites (N-methyl/N-ethyl adjacent to an activating group) is 1. The lowest BCUT2D eigenvalue weighted by Crippen LogP contribution is -2.51. The second-order valence-corrected chi connectivity index (χ2v) is 3.82. The van der Waals surface area contributed by atoms with E-state index in [1.807, 2.05) is 31.1 Å². The summed E-state index contributed by atoms with van der Waals surface area (Å²) in [5, 5.41) is 3.19. The molecule has 1 unspecified atom stereocenters. The minimum Gasteiger partial charge on any atom is -0.377 e. The molecule has 0 aliphatic carbocycles. The van der Waals surface area contributed by atoms with Gasteiger partial charge in [-0.1, -0.05) is 0 Å². The number of ether oxygens (including phenoxy) is 1. The van der Waals surface area contributed by atoms with Crippen molar-refractivity contribution in [3.63, 3.8) is 0 Å². The minimum atomic E-state index is 0.379. The van der Waals surface area contributed by atoms with Gasteiger partial charge in [0, 0.05) is 32.5 Å². The zero-order valence-electron chi connectivity index (χ0n) is 9.31. The Morgan fingerprint density at radius 2 is 2.53 bits per heavy atom. The van der Waals surface area contributed by atoms with Crippen LogP contribution in [0, 0.1) is 0 Å². The van der Waals surface area contributed by atoms with E-state index in [1.54, 1.807) is 0 Å². The van der Waals surface area contributed by atoms with Crippen molar-refractivity contribution < 1.29 is 4.74 Å². The normalized spacial score (nSPS) is 22.0. The number of aromatic nitrogens is 2. The first-order valence-electron chi connectivity index (χ1n) is 5.29. The Morgan fingerprint density at radius 1 is 1.67 bits per heavy atom. The van der Waals surface area contributed by atoms with Crippen LogP contribution in [0.15, 0.2) is 12.4 Å². The molecule has 15 heavy (non-hydrogen) atoms. The van der Waals surface area contributed by atoms with Gasteiger partial charge in [-0.05, 0) is 7.05 Å².